The molecule has 0 unspecified atom stereocenters. The molecule has 1 rings (SSSR count). The maximum atomic E-state index is 11.4. The molecule has 3 heteroatoms. The number of allylic oxidation sites excluding steroid dienone is 1. The zero-order valence-electron chi connectivity index (χ0n) is 9.39. The van der Waals surface area contributed by atoms with Gasteiger partial charge in [0.25, 0.3) is 0 Å². The van der Waals surface area contributed by atoms with Crippen LogP contribution in [0.2, 0.25) is 0 Å². The molecule has 15 heavy (non-hydrogen) atoms. The monoisotopic (exact) mass is 273 g/mol. The molecule has 0 aliphatic heterocycles. The lowest BCUT2D eigenvalue weighted by molar-refractivity contribution is -0.120. The summed E-state index contributed by atoms with van der Waals surface area (Å²) in [6, 6.07) is 0. The van der Waals surface area contributed by atoms with E-state index in [1.807, 2.05) is 6.92 Å². The van der Waals surface area contributed by atoms with E-state index < -0.39 is 0 Å². The molecule has 1 amide bonds. The molecule has 1 aliphatic rings. The molecule has 0 fully saturated rings. The minimum absolute atomic E-state index is 0.0298. The molecule has 0 spiro atoms. The molecular weight excluding hydrogens is 254 g/mol. The molecule has 0 aromatic heterocycles. The van der Waals surface area contributed by atoms with E-state index in [1.165, 1.54) is 31.3 Å². The minimum atomic E-state index is -0.0298. The van der Waals surface area contributed by atoms with E-state index in [1.54, 1.807) is 0 Å². The van der Waals surface area contributed by atoms with E-state index in [9.17, 15) is 4.79 Å². The Labute approximate surface area is 101 Å². The number of carbonyl (C=O) groups is 1. The highest BCUT2D eigenvalue weighted by Crippen LogP contribution is 2.19. The lowest BCUT2D eigenvalue weighted by Crippen LogP contribution is -2.31. The zero-order valence-corrected chi connectivity index (χ0v) is 11.0. The molecule has 86 valence electrons. The molecule has 0 aromatic rings. The van der Waals surface area contributed by atoms with Gasteiger partial charge in [0, 0.05) is 6.54 Å². The molecule has 0 bridgehead atoms. The van der Waals surface area contributed by atoms with Gasteiger partial charge in [-0.05, 0) is 38.5 Å². The SMILES string of the molecule is CC[C@H](Br)C(=O)NCCC1=CCCCC1. The highest BCUT2D eigenvalue weighted by molar-refractivity contribution is 9.10. The van der Waals surface area contributed by atoms with E-state index in [0.29, 0.717) is 0 Å². The first-order valence-electron chi connectivity index (χ1n) is 5.83. The van der Waals surface area contributed by atoms with Crippen LogP contribution in [0, 0.1) is 0 Å². The van der Waals surface area contributed by atoms with Gasteiger partial charge in [-0.25, -0.2) is 0 Å². The quantitative estimate of drug-likeness (QED) is 0.605. The third-order valence-corrected chi connectivity index (χ3v) is 3.84. The summed E-state index contributed by atoms with van der Waals surface area (Å²) in [6.07, 6.45) is 9.29. The predicted octanol–water partition coefficient (Wildman–Crippen LogP) is 3.17. The molecule has 0 radical (unpaired) electrons. The molecule has 0 aromatic carbocycles. The highest BCUT2D eigenvalue weighted by Gasteiger charge is 2.11. The number of rotatable bonds is 5. The Bertz CT molecular complexity index is 238. The molecule has 1 N–H and O–H groups in total. The summed E-state index contributed by atoms with van der Waals surface area (Å²) in [5.74, 6) is 0.119. The van der Waals surface area contributed by atoms with Crippen molar-refractivity contribution in [3.05, 3.63) is 11.6 Å². The summed E-state index contributed by atoms with van der Waals surface area (Å²) in [5.41, 5.74) is 1.52. The number of hydrogen-bond donors (Lipinski definition) is 1. The van der Waals surface area contributed by atoms with Gasteiger partial charge in [-0.2, -0.15) is 0 Å². The van der Waals surface area contributed by atoms with Crippen LogP contribution in [-0.4, -0.2) is 17.3 Å². The Balaban J connectivity index is 2.15. The van der Waals surface area contributed by atoms with E-state index >= 15 is 0 Å². The number of amides is 1. The number of hydrogen-bond acceptors (Lipinski definition) is 1. The van der Waals surface area contributed by atoms with Crippen LogP contribution < -0.4 is 5.32 Å². The average Bonchev–Trinajstić information content (AvgIpc) is 2.29. The lowest BCUT2D eigenvalue weighted by Gasteiger charge is -2.13. The van der Waals surface area contributed by atoms with Gasteiger partial charge in [0.1, 0.15) is 0 Å². The Morgan fingerprint density at radius 2 is 2.40 bits per heavy atom. The summed E-state index contributed by atoms with van der Waals surface area (Å²) >= 11 is 3.34. The van der Waals surface area contributed by atoms with Gasteiger partial charge < -0.3 is 5.32 Å². The van der Waals surface area contributed by atoms with Gasteiger partial charge in [0.15, 0.2) is 0 Å². The second-order valence-electron chi connectivity index (χ2n) is 4.02. The van der Waals surface area contributed by atoms with Crippen LogP contribution >= 0.6 is 15.9 Å². The van der Waals surface area contributed by atoms with Gasteiger partial charge in [-0.3, -0.25) is 4.79 Å². The van der Waals surface area contributed by atoms with Crippen molar-refractivity contribution in [2.75, 3.05) is 6.54 Å². The first-order valence-corrected chi connectivity index (χ1v) is 6.75. The molecule has 2 nitrogen and oxygen atoms in total. The number of nitrogens with one attached hydrogen (secondary N) is 1. The molecule has 0 heterocycles. The molecule has 1 aliphatic carbocycles. The molecule has 0 saturated heterocycles. The first-order chi connectivity index (χ1) is 7.24. The fourth-order valence-corrected chi connectivity index (χ4v) is 1.94. The fourth-order valence-electron chi connectivity index (χ4n) is 1.77. The second-order valence-corrected chi connectivity index (χ2v) is 5.13. The minimum Gasteiger partial charge on any atom is -0.355 e. The Hall–Kier alpha value is -0.310. The standard InChI is InChI=1S/C12H20BrNO/c1-2-11(13)12(15)14-9-8-10-6-4-3-5-7-10/h6,11H,2-5,7-9H2,1H3,(H,14,15)/t11-/m0/s1. The smallest absolute Gasteiger partial charge is 0.233 e. The topological polar surface area (TPSA) is 29.1 Å². The number of alkyl halides is 1. The van der Waals surface area contributed by atoms with Crippen molar-refractivity contribution < 1.29 is 4.79 Å². The summed E-state index contributed by atoms with van der Waals surface area (Å²) in [6.45, 7) is 2.79. The second kappa shape index (κ2) is 7.04. The van der Waals surface area contributed by atoms with Crippen molar-refractivity contribution >= 4 is 21.8 Å². The van der Waals surface area contributed by atoms with E-state index in [4.69, 9.17) is 0 Å². The van der Waals surface area contributed by atoms with Crippen molar-refractivity contribution in [3.63, 3.8) is 0 Å². The first kappa shape index (κ1) is 12.8. The molecule has 1 atom stereocenters. The van der Waals surface area contributed by atoms with Gasteiger partial charge in [-0.1, -0.05) is 34.5 Å². The van der Waals surface area contributed by atoms with Crippen molar-refractivity contribution in [1.29, 1.82) is 0 Å². The van der Waals surface area contributed by atoms with E-state index in [0.717, 1.165) is 19.4 Å². The van der Waals surface area contributed by atoms with Gasteiger partial charge in [0.05, 0.1) is 4.83 Å². The van der Waals surface area contributed by atoms with Crippen LogP contribution in [0.3, 0.4) is 0 Å². The fraction of sp³-hybridized carbons (Fsp3) is 0.750. The van der Waals surface area contributed by atoms with Crippen LogP contribution in [0.15, 0.2) is 11.6 Å². The van der Waals surface area contributed by atoms with E-state index in [2.05, 4.69) is 27.3 Å². The number of halogens is 1. The summed E-state index contributed by atoms with van der Waals surface area (Å²) in [7, 11) is 0. The highest BCUT2D eigenvalue weighted by atomic mass is 79.9. The van der Waals surface area contributed by atoms with Crippen molar-refractivity contribution in [2.24, 2.45) is 0 Å². The van der Waals surface area contributed by atoms with Crippen LogP contribution in [0.5, 0.6) is 0 Å². The van der Waals surface area contributed by atoms with Gasteiger partial charge in [0.2, 0.25) is 5.91 Å². The van der Waals surface area contributed by atoms with Crippen LogP contribution in [0.4, 0.5) is 0 Å². The zero-order chi connectivity index (χ0) is 11.1. The molecule has 0 saturated carbocycles. The normalized spacial score (nSPS) is 18.1. The Kier molecular flexibility index (Phi) is 5.99. The number of carbonyl (C=O) groups excluding carboxylic acids is 1. The third kappa shape index (κ3) is 4.83. The van der Waals surface area contributed by atoms with Crippen LogP contribution in [-0.2, 0) is 4.79 Å². The van der Waals surface area contributed by atoms with Gasteiger partial charge in [-0.15, -0.1) is 0 Å². The van der Waals surface area contributed by atoms with E-state index in [-0.39, 0.29) is 10.7 Å². The van der Waals surface area contributed by atoms with Gasteiger partial charge >= 0.3 is 0 Å². The third-order valence-electron chi connectivity index (χ3n) is 2.77. The average molecular weight is 274 g/mol. The van der Waals surface area contributed by atoms with Crippen molar-refractivity contribution in [3.8, 4) is 0 Å². The van der Waals surface area contributed by atoms with Crippen LogP contribution in [0.1, 0.15) is 45.4 Å². The largest absolute Gasteiger partial charge is 0.355 e. The summed E-state index contributed by atoms with van der Waals surface area (Å²) in [5, 5.41) is 2.95. The van der Waals surface area contributed by atoms with Crippen molar-refractivity contribution in [1.82, 2.24) is 5.32 Å². The maximum absolute atomic E-state index is 11.4. The molecular formula is C12H20BrNO. The van der Waals surface area contributed by atoms with Crippen molar-refractivity contribution in [2.45, 2.75) is 50.3 Å². The summed E-state index contributed by atoms with van der Waals surface area (Å²) < 4.78 is 0. The summed E-state index contributed by atoms with van der Waals surface area (Å²) in [4.78, 5) is 11.4. The predicted molar refractivity (Wildman–Crippen MR) is 67.2 cm³/mol. The maximum Gasteiger partial charge on any atom is 0.233 e. The Morgan fingerprint density at radius 3 is 3.00 bits per heavy atom. The lowest BCUT2D eigenvalue weighted by atomic mass is 9.97. The van der Waals surface area contributed by atoms with Crippen LogP contribution in [0.25, 0.3) is 0 Å². The Morgan fingerprint density at radius 1 is 1.60 bits per heavy atom.